The van der Waals surface area contributed by atoms with Crippen LogP contribution in [0.4, 0.5) is 5.95 Å². The molecule has 7 nitrogen and oxygen atoms in total. The highest BCUT2D eigenvalue weighted by atomic mass is 16.2. The maximum Gasteiger partial charge on any atom is 0.243 e. The highest BCUT2D eigenvalue weighted by Gasteiger charge is 2.29. The summed E-state index contributed by atoms with van der Waals surface area (Å²) < 4.78 is 3.62. The third kappa shape index (κ3) is 1.93. The molecule has 0 bridgehead atoms. The predicted molar refractivity (Wildman–Crippen MR) is 76.2 cm³/mol. The molecule has 0 aromatic carbocycles. The van der Waals surface area contributed by atoms with E-state index < -0.39 is 0 Å². The molecule has 1 atom stereocenters. The average Bonchev–Trinajstić information content (AvgIpc) is 3.08. The minimum Gasteiger partial charge on any atom is -0.369 e. The van der Waals surface area contributed by atoms with Crippen LogP contribution < -0.4 is 11.1 Å². The van der Waals surface area contributed by atoms with E-state index in [1.165, 1.54) is 0 Å². The van der Waals surface area contributed by atoms with Gasteiger partial charge in [0, 0.05) is 12.6 Å². The van der Waals surface area contributed by atoms with Gasteiger partial charge in [-0.25, -0.2) is 9.67 Å². The Morgan fingerprint density at radius 3 is 2.85 bits per heavy atom. The number of nitrogens with one attached hydrogen (secondary N) is 1. The van der Waals surface area contributed by atoms with Crippen LogP contribution >= 0.6 is 0 Å². The molecule has 0 aliphatic heterocycles. The lowest BCUT2D eigenvalue weighted by Gasteiger charge is -2.16. The summed E-state index contributed by atoms with van der Waals surface area (Å²) in [5, 5.41) is 7.44. The fourth-order valence-electron chi connectivity index (χ4n) is 2.48. The van der Waals surface area contributed by atoms with Crippen molar-refractivity contribution in [3.63, 3.8) is 0 Å². The SMILES string of the molecule is CCn1nc(C)c2nc(N)n(C(C)C(=O)NC3CC3)c21. The van der Waals surface area contributed by atoms with Crippen molar-refractivity contribution in [1.82, 2.24) is 24.6 Å². The Morgan fingerprint density at radius 2 is 2.25 bits per heavy atom. The number of anilines is 1. The van der Waals surface area contributed by atoms with E-state index in [-0.39, 0.29) is 11.9 Å². The van der Waals surface area contributed by atoms with E-state index in [2.05, 4.69) is 15.4 Å². The Kier molecular flexibility index (Phi) is 2.92. The molecule has 1 aliphatic rings. The van der Waals surface area contributed by atoms with Crippen LogP contribution in [-0.4, -0.2) is 31.3 Å². The van der Waals surface area contributed by atoms with Crippen LogP contribution in [0.15, 0.2) is 0 Å². The number of imidazole rings is 1. The van der Waals surface area contributed by atoms with E-state index in [9.17, 15) is 4.79 Å². The molecule has 1 amide bonds. The van der Waals surface area contributed by atoms with Gasteiger partial charge in [-0.3, -0.25) is 9.36 Å². The summed E-state index contributed by atoms with van der Waals surface area (Å²) in [6.45, 7) is 6.47. The number of rotatable bonds is 4. The number of nitrogen functional groups attached to an aromatic ring is 1. The van der Waals surface area contributed by atoms with Crippen molar-refractivity contribution in [2.45, 2.75) is 52.2 Å². The van der Waals surface area contributed by atoms with Crippen LogP contribution in [0, 0.1) is 6.92 Å². The summed E-state index contributed by atoms with van der Waals surface area (Å²) >= 11 is 0. The van der Waals surface area contributed by atoms with Gasteiger partial charge in [0.2, 0.25) is 11.9 Å². The van der Waals surface area contributed by atoms with E-state index in [1.807, 2.05) is 25.5 Å². The summed E-state index contributed by atoms with van der Waals surface area (Å²) in [5.74, 6) is 0.348. The van der Waals surface area contributed by atoms with Gasteiger partial charge in [-0.05, 0) is 33.6 Å². The Balaban J connectivity index is 2.04. The Labute approximate surface area is 117 Å². The second-order valence-corrected chi connectivity index (χ2v) is 5.37. The molecule has 20 heavy (non-hydrogen) atoms. The molecule has 0 spiro atoms. The molecule has 1 saturated carbocycles. The monoisotopic (exact) mass is 276 g/mol. The first-order chi connectivity index (χ1) is 9.52. The second-order valence-electron chi connectivity index (χ2n) is 5.37. The van der Waals surface area contributed by atoms with E-state index >= 15 is 0 Å². The number of amides is 1. The normalized spacial score (nSPS) is 16.6. The Morgan fingerprint density at radius 1 is 1.55 bits per heavy atom. The third-order valence-electron chi connectivity index (χ3n) is 3.76. The van der Waals surface area contributed by atoms with Crippen molar-refractivity contribution in [1.29, 1.82) is 0 Å². The molecule has 7 heteroatoms. The van der Waals surface area contributed by atoms with Crippen LogP contribution in [0.2, 0.25) is 0 Å². The number of nitrogens with two attached hydrogens (primary N) is 1. The molecule has 2 aromatic rings. The molecule has 108 valence electrons. The summed E-state index contributed by atoms with van der Waals surface area (Å²) in [4.78, 5) is 16.6. The standard InChI is InChI=1S/C13H20N6O/c1-4-18-12-10(7(2)17-18)16-13(14)19(12)8(3)11(20)15-9-5-6-9/h8-9H,4-6H2,1-3H3,(H2,14,16)(H,15,20). The topological polar surface area (TPSA) is 90.8 Å². The van der Waals surface area contributed by atoms with Crippen LogP contribution in [-0.2, 0) is 11.3 Å². The van der Waals surface area contributed by atoms with Gasteiger partial charge in [0.1, 0.15) is 11.6 Å². The van der Waals surface area contributed by atoms with Crippen molar-refractivity contribution in [2.24, 2.45) is 0 Å². The van der Waals surface area contributed by atoms with Gasteiger partial charge in [0.15, 0.2) is 5.65 Å². The Hall–Kier alpha value is -2.05. The number of aromatic nitrogens is 4. The predicted octanol–water partition coefficient (Wildman–Crippen LogP) is 0.983. The average molecular weight is 276 g/mol. The van der Waals surface area contributed by atoms with Crippen LogP contribution in [0.25, 0.3) is 11.2 Å². The van der Waals surface area contributed by atoms with Gasteiger partial charge in [-0.1, -0.05) is 0 Å². The van der Waals surface area contributed by atoms with Gasteiger partial charge < -0.3 is 11.1 Å². The van der Waals surface area contributed by atoms with Gasteiger partial charge >= 0.3 is 0 Å². The molecule has 1 unspecified atom stereocenters. The maximum absolute atomic E-state index is 12.2. The maximum atomic E-state index is 12.2. The zero-order valence-electron chi connectivity index (χ0n) is 12.1. The van der Waals surface area contributed by atoms with Crippen molar-refractivity contribution < 1.29 is 4.79 Å². The zero-order valence-corrected chi connectivity index (χ0v) is 12.1. The van der Waals surface area contributed by atoms with Gasteiger partial charge in [-0.2, -0.15) is 5.10 Å². The third-order valence-corrected chi connectivity index (χ3v) is 3.76. The molecule has 2 heterocycles. The molecule has 0 radical (unpaired) electrons. The summed E-state index contributed by atoms with van der Waals surface area (Å²) in [6, 6.07) is -0.0509. The molecular formula is C13H20N6O. The minimum absolute atomic E-state index is 0.0139. The van der Waals surface area contributed by atoms with Crippen LogP contribution in [0.1, 0.15) is 38.4 Å². The molecule has 1 fully saturated rings. The van der Waals surface area contributed by atoms with Crippen molar-refractivity contribution in [2.75, 3.05) is 5.73 Å². The fourth-order valence-corrected chi connectivity index (χ4v) is 2.48. The lowest BCUT2D eigenvalue weighted by atomic mass is 10.3. The molecule has 2 aromatic heterocycles. The smallest absolute Gasteiger partial charge is 0.243 e. The number of hydrogen-bond acceptors (Lipinski definition) is 4. The zero-order chi connectivity index (χ0) is 14.4. The summed E-state index contributed by atoms with van der Waals surface area (Å²) in [5.41, 5.74) is 8.44. The number of hydrogen-bond donors (Lipinski definition) is 2. The lowest BCUT2D eigenvalue weighted by molar-refractivity contribution is -0.123. The lowest BCUT2D eigenvalue weighted by Crippen LogP contribution is -2.33. The van der Waals surface area contributed by atoms with Crippen LogP contribution in [0.5, 0.6) is 0 Å². The molecule has 3 rings (SSSR count). The number of carbonyl (C=O) groups excluding carboxylic acids is 1. The number of aryl methyl sites for hydroxylation is 2. The molecular weight excluding hydrogens is 256 g/mol. The van der Waals surface area contributed by atoms with Crippen molar-refractivity contribution in [3.8, 4) is 0 Å². The highest BCUT2D eigenvalue weighted by molar-refractivity contribution is 5.85. The largest absolute Gasteiger partial charge is 0.369 e. The number of nitrogens with zero attached hydrogens (tertiary/aromatic N) is 4. The van der Waals surface area contributed by atoms with Crippen molar-refractivity contribution >= 4 is 23.0 Å². The summed E-state index contributed by atoms with van der Waals surface area (Å²) in [6.07, 6.45) is 2.14. The summed E-state index contributed by atoms with van der Waals surface area (Å²) in [7, 11) is 0. The van der Waals surface area contributed by atoms with E-state index in [0.29, 0.717) is 18.5 Å². The molecule has 0 saturated heterocycles. The number of fused-ring (bicyclic) bond motifs is 1. The second kappa shape index (κ2) is 4.50. The van der Waals surface area contributed by atoms with E-state index in [1.54, 1.807) is 4.57 Å². The van der Waals surface area contributed by atoms with Gasteiger partial charge in [0.25, 0.3) is 0 Å². The minimum atomic E-state index is -0.387. The van der Waals surface area contributed by atoms with Gasteiger partial charge in [0.05, 0.1) is 5.69 Å². The van der Waals surface area contributed by atoms with E-state index in [4.69, 9.17) is 5.73 Å². The van der Waals surface area contributed by atoms with E-state index in [0.717, 1.165) is 29.7 Å². The fraction of sp³-hybridized carbons (Fsp3) is 0.615. The van der Waals surface area contributed by atoms with Crippen LogP contribution in [0.3, 0.4) is 0 Å². The number of carbonyl (C=O) groups is 1. The first-order valence-corrected chi connectivity index (χ1v) is 7.04. The molecule has 3 N–H and O–H groups in total. The van der Waals surface area contributed by atoms with Gasteiger partial charge in [-0.15, -0.1) is 0 Å². The first kappa shape index (κ1) is 13.0. The molecule has 1 aliphatic carbocycles. The highest BCUT2D eigenvalue weighted by Crippen LogP contribution is 2.26. The Bertz CT molecular complexity index is 666. The van der Waals surface area contributed by atoms with Crippen molar-refractivity contribution in [3.05, 3.63) is 5.69 Å². The quantitative estimate of drug-likeness (QED) is 0.871. The first-order valence-electron chi connectivity index (χ1n) is 7.04.